The normalized spacial score (nSPS) is 11.1. The fourth-order valence-electron chi connectivity index (χ4n) is 4.53. The number of carbonyl (C=O) groups is 4. The lowest BCUT2D eigenvalue weighted by molar-refractivity contribution is -0.137. The van der Waals surface area contributed by atoms with Crippen LogP contribution in [0.1, 0.15) is 35.2 Å². The van der Waals surface area contributed by atoms with Crippen molar-refractivity contribution in [1.82, 2.24) is 15.2 Å². The van der Waals surface area contributed by atoms with Crippen molar-refractivity contribution in [2.24, 2.45) is 5.73 Å². The minimum Gasteiger partial charge on any atom is -0.456 e. The number of ketones is 1. The van der Waals surface area contributed by atoms with Gasteiger partial charge in [0.05, 0.1) is 29.9 Å². The van der Waals surface area contributed by atoms with Crippen LogP contribution in [0, 0.1) is 11.3 Å². The van der Waals surface area contributed by atoms with Gasteiger partial charge in [0, 0.05) is 34.8 Å². The van der Waals surface area contributed by atoms with Gasteiger partial charge in [-0.15, -0.1) is 0 Å². The molecule has 0 saturated carbocycles. The smallest absolute Gasteiger partial charge is 0.293 e. The molecule has 1 aromatic heterocycles. The molecule has 0 aliphatic heterocycles. The van der Waals surface area contributed by atoms with Gasteiger partial charge in [-0.25, -0.2) is 0 Å². The SMILES string of the molecule is CN(CC(=O)N[C@@H](CCCCN)C(=O)C(=O)Nc1cccc(Oc2cccnc2)c1)C(=O)c1ccccc1Sc1ccccc1C#N. The van der Waals surface area contributed by atoms with Crippen LogP contribution in [-0.2, 0) is 14.4 Å². The van der Waals surface area contributed by atoms with Crippen LogP contribution in [0.4, 0.5) is 5.69 Å². The fraction of sp³-hybridized carbons (Fsp3) is 0.200. The molecule has 4 rings (SSSR count). The van der Waals surface area contributed by atoms with E-state index in [0.717, 1.165) is 0 Å². The monoisotopic (exact) mass is 650 g/mol. The predicted octanol–water partition coefficient (Wildman–Crippen LogP) is 4.79. The number of pyridine rings is 1. The molecule has 0 aliphatic rings. The zero-order valence-electron chi connectivity index (χ0n) is 25.7. The number of nitrogens with one attached hydrogen (secondary N) is 2. The molecule has 0 aliphatic carbocycles. The number of nitriles is 1. The summed E-state index contributed by atoms with van der Waals surface area (Å²) in [5.41, 5.74) is 6.79. The molecular formula is C35H34N6O5S. The number of nitrogens with zero attached hydrogens (tertiary/aromatic N) is 3. The van der Waals surface area contributed by atoms with E-state index < -0.39 is 29.5 Å². The maximum absolute atomic E-state index is 13.4. The Balaban J connectivity index is 1.40. The summed E-state index contributed by atoms with van der Waals surface area (Å²) in [6.07, 6.45) is 4.44. The van der Waals surface area contributed by atoms with Crippen molar-refractivity contribution in [2.75, 3.05) is 25.5 Å². The quantitative estimate of drug-likeness (QED) is 0.121. The Morgan fingerprint density at radius 3 is 2.45 bits per heavy atom. The highest BCUT2D eigenvalue weighted by molar-refractivity contribution is 7.99. The minimum absolute atomic E-state index is 0.189. The van der Waals surface area contributed by atoms with E-state index in [-0.39, 0.29) is 13.0 Å². The van der Waals surface area contributed by atoms with Gasteiger partial charge in [0.15, 0.2) is 0 Å². The molecule has 3 amide bonds. The van der Waals surface area contributed by atoms with Gasteiger partial charge in [-0.1, -0.05) is 42.1 Å². The highest BCUT2D eigenvalue weighted by atomic mass is 32.2. The Labute approximate surface area is 277 Å². The number of amides is 3. The molecule has 240 valence electrons. The highest BCUT2D eigenvalue weighted by Gasteiger charge is 2.28. The van der Waals surface area contributed by atoms with Gasteiger partial charge in [0.25, 0.3) is 11.8 Å². The summed E-state index contributed by atoms with van der Waals surface area (Å²) in [5.74, 6) is -1.83. The summed E-state index contributed by atoms with van der Waals surface area (Å²) >= 11 is 1.28. The standard InChI is InChI=1S/C35H34N6O5S/c1-41(35(45)28-14-3-5-17-31(28)47-30-16-4-2-10-24(30)21-37)23-32(42)40-29(15-6-7-18-36)33(43)34(44)39-25-11-8-12-26(20-25)46-27-13-9-19-38-22-27/h2-5,8-14,16-17,19-20,22,29H,6-7,15,18,23,36H2,1H3,(H,39,44)(H,40,42)/t29-/m0/s1. The minimum atomic E-state index is -1.13. The third-order valence-corrected chi connectivity index (χ3v) is 8.01. The fourth-order valence-corrected chi connectivity index (χ4v) is 5.54. The number of aromatic nitrogens is 1. The molecule has 47 heavy (non-hydrogen) atoms. The summed E-state index contributed by atoms with van der Waals surface area (Å²) < 4.78 is 5.75. The van der Waals surface area contributed by atoms with E-state index in [2.05, 4.69) is 21.7 Å². The van der Waals surface area contributed by atoms with Gasteiger partial charge in [-0.2, -0.15) is 5.26 Å². The van der Waals surface area contributed by atoms with Crippen molar-refractivity contribution >= 4 is 41.0 Å². The zero-order chi connectivity index (χ0) is 33.6. The van der Waals surface area contributed by atoms with Crippen molar-refractivity contribution in [3.63, 3.8) is 0 Å². The molecule has 3 aromatic carbocycles. The number of ether oxygens (including phenoxy) is 1. The number of rotatable bonds is 15. The molecule has 0 fully saturated rings. The van der Waals surface area contributed by atoms with E-state index in [1.165, 1.54) is 23.7 Å². The number of hydrogen-bond acceptors (Lipinski definition) is 9. The second kappa shape index (κ2) is 17.3. The molecule has 1 heterocycles. The van der Waals surface area contributed by atoms with Crippen molar-refractivity contribution in [2.45, 2.75) is 35.1 Å². The third kappa shape index (κ3) is 9.99. The Morgan fingerprint density at radius 2 is 1.70 bits per heavy atom. The topological polar surface area (TPSA) is 168 Å². The number of benzene rings is 3. The summed E-state index contributed by atoms with van der Waals surface area (Å²) in [6.45, 7) is 0.0287. The van der Waals surface area contributed by atoms with Crippen molar-refractivity contribution in [1.29, 1.82) is 5.26 Å². The molecule has 0 unspecified atom stereocenters. The summed E-state index contributed by atoms with van der Waals surface area (Å²) in [7, 11) is 1.48. The van der Waals surface area contributed by atoms with E-state index >= 15 is 0 Å². The average molecular weight is 651 g/mol. The molecule has 12 heteroatoms. The van der Waals surface area contributed by atoms with E-state index in [1.54, 1.807) is 91.3 Å². The van der Waals surface area contributed by atoms with E-state index in [0.29, 0.717) is 57.5 Å². The van der Waals surface area contributed by atoms with Crippen molar-refractivity contribution < 1.29 is 23.9 Å². The lowest BCUT2D eigenvalue weighted by Gasteiger charge is -2.21. The summed E-state index contributed by atoms with van der Waals surface area (Å²) in [4.78, 5) is 59.4. The number of carbonyl (C=O) groups excluding carboxylic acids is 4. The maximum atomic E-state index is 13.4. The molecule has 4 aromatic rings. The number of Topliss-reactive ketones (excluding diaryl/α,β-unsaturated/α-hetero) is 1. The van der Waals surface area contributed by atoms with Crippen LogP contribution in [0.5, 0.6) is 11.5 Å². The lowest BCUT2D eigenvalue weighted by Crippen LogP contribution is -2.49. The van der Waals surface area contributed by atoms with Crippen LogP contribution in [0.15, 0.2) is 107 Å². The molecule has 0 bridgehead atoms. The highest BCUT2D eigenvalue weighted by Crippen LogP contribution is 2.33. The van der Waals surface area contributed by atoms with E-state index in [9.17, 15) is 24.4 Å². The first-order chi connectivity index (χ1) is 22.8. The van der Waals surface area contributed by atoms with Crippen LogP contribution >= 0.6 is 11.8 Å². The third-order valence-electron chi connectivity index (χ3n) is 6.86. The molecule has 1 atom stereocenters. The van der Waals surface area contributed by atoms with Crippen LogP contribution in [-0.4, -0.2) is 59.6 Å². The van der Waals surface area contributed by atoms with Crippen LogP contribution < -0.4 is 21.1 Å². The number of nitrogens with two attached hydrogens (primary N) is 1. The Morgan fingerprint density at radius 1 is 0.957 bits per heavy atom. The summed E-state index contributed by atoms with van der Waals surface area (Å²) in [6, 6.07) is 25.0. The molecule has 4 N–H and O–H groups in total. The number of anilines is 1. The van der Waals surface area contributed by atoms with Gasteiger partial charge in [-0.05, 0) is 74.3 Å². The van der Waals surface area contributed by atoms with Gasteiger partial charge in [0.2, 0.25) is 11.7 Å². The zero-order valence-corrected chi connectivity index (χ0v) is 26.5. The Kier molecular flexibility index (Phi) is 12.6. The predicted molar refractivity (Wildman–Crippen MR) is 178 cm³/mol. The van der Waals surface area contributed by atoms with Crippen molar-refractivity contribution in [3.05, 3.63) is 108 Å². The molecule has 0 radical (unpaired) electrons. The average Bonchev–Trinajstić information content (AvgIpc) is 3.08. The van der Waals surface area contributed by atoms with Gasteiger partial charge >= 0.3 is 0 Å². The molecule has 0 saturated heterocycles. The van der Waals surface area contributed by atoms with E-state index in [4.69, 9.17) is 10.5 Å². The number of unbranched alkanes of at least 4 members (excludes halogenated alkanes) is 1. The Hall–Kier alpha value is -5.51. The number of hydrogen-bond donors (Lipinski definition) is 3. The molecule has 11 nitrogen and oxygen atoms in total. The second-order valence-corrected chi connectivity index (χ2v) is 11.5. The Bertz CT molecular complexity index is 1760. The maximum Gasteiger partial charge on any atom is 0.293 e. The molecule has 0 spiro atoms. The van der Waals surface area contributed by atoms with Gasteiger partial charge in [0.1, 0.15) is 17.6 Å². The first-order valence-electron chi connectivity index (χ1n) is 14.8. The van der Waals surface area contributed by atoms with Crippen LogP contribution in [0.25, 0.3) is 0 Å². The van der Waals surface area contributed by atoms with Crippen molar-refractivity contribution in [3.8, 4) is 17.6 Å². The molecular weight excluding hydrogens is 616 g/mol. The first-order valence-corrected chi connectivity index (χ1v) is 15.6. The number of likely N-dealkylation sites (N-methyl/N-ethyl adjacent to an activating group) is 1. The van der Waals surface area contributed by atoms with E-state index in [1.807, 2.05) is 6.07 Å². The lowest BCUT2D eigenvalue weighted by atomic mass is 10.0. The summed E-state index contributed by atoms with van der Waals surface area (Å²) in [5, 5.41) is 14.7. The second-order valence-electron chi connectivity index (χ2n) is 10.4. The first kappa shape index (κ1) is 34.4. The van der Waals surface area contributed by atoms with Crippen LogP contribution in [0.2, 0.25) is 0 Å². The van der Waals surface area contributed by atoms with Gasteiger partial charge < -0.3 is 26.0 Å². The van der Waals surface area contributed by atoms with Gasteiger partial charge in [-0.3, -0.25) is 24.2 Å². The largest absolute Gasteiger partial charge is 0.456 e. The van der Waals surface area contributed by atoms with Crippen LogP contribution in [0.3, 0.4) is 0 Å².